The Morgan fingerprint density at radius 2 is 1.81 bits per heavy atom. The summed E-state index contributed by atoms with van der Waals surface area (Å²) in [5.41, 5.74) is 0.930. The first-order chi connectivity index (χ1) is 7.70. The minimum Gasteiger partial charge on any atom is -0.458 e. The molecule has 1 aromatic carbocycles. The van der Waals surface area contributed by atoms with E-state index in [9.17, 15) is 5.11 Å². The molecule has 4 heteroatoms. The molecule has 0 radical (unpaired) electrons. The van der Waals surface area contributed by atoms with Crippen LogP contribution in [0.15, 0.2) is 45.3 Å². The van der Waals surface area contributed by atoms with Crippen molar-refractivity contribution in [3.05, 3.63) is 46.6 Å². The highest BCUT2D eigenvalue weighted by Gasteiger charge is 2.11. The van der Waals surface area contributed by atoms with Crippen molar-refractivity contribution in [1.82, 2.24) is 0 Å². The van der Waals surface area contributed by atoms with Gasteiger partial charge < -0.3 is 14.6 Å². The van der Waals surface area contributed by atoms with Crippen molar-refractivity contribution in [3.8, 4) is 11.3 Å². The van der Waals surface area contributed by atoms with E-state index in [2.05, 4.69) is 15.9 Å². The molecule has 3 nitrogen and oxygen atoms in total. The Bertz CT molecular complexity index is 461. The largest absolute Gasteiger partial charge is 0.458 e. The third kappa shape index (κ3) is 2.35. The van der Waals surface area contributed by atoms with Crippen LogP contribution < -0.4 is 0 Å². The lowest BCUT2D eigenvalue weighted by atomic mass is 10.2. The van der Waals surface area contributed by atoms with Gasteiger partial charge in [0.2, 0.25) is 0 Å². The van der Waals surface area contributed by atoms with Gasteiger partial charge in [0.1, 0.15) is 17.6 Å². The molecule has 0 saturated heterocycles. The summed E-state index contributed by atoms with van der Waals surface area (Å²) < 4.78 is 6.44. The third-order valence-electron chi connectivity index (χ3n) is 2.26. The van der Waals surface area contributed by atoms with E-state index in [0.717, 1.165) is 10.0 Å². The predicted molar refractivity (Wildman–Crippen MR) is 63.9 cm³/mol. The maximum Gasteiger partial charge on any atom is 0.135 e. The standard InChI is InChI=1S/C12H11BrO3/c13-9-3-1-8(2-4-9)11-5-6-12(16-11)10(15)7-14/h1-6,10,14-15H,7H2. The second-order valence-electron chi connectivity index (χ2n) is 3.41. The van der Waals surface area contributed by atoms with Crippen molar-refractivity contribution in [1.29, 1.82) is 0 Å². The normalized spacial score (nSPS) is 12.7. The summed E-state index contributed by atoms with van der Waals surface area (Å²) in [6, 6.07) is 11.1. The number of aliphatic hydroxyl groups excluding tert-OH is 2. The van der Waals surface area contributed by atoms with Gasteiger partial charge in [-0.05, 0) is 24.3 Å². The molecular formula is C12H11BrO3. The average Bonchev–Trinajstić information content (AvgIpc) is 2.78. The van der Waals surface area contributed by atoms with Gasteiger partial charge in [0, 0.05) is 10.0 Å². The maximum atomic E-state index is 9.38. The monoisotopic (exact) mass is 282 g/mol. The SMILES string of the molecule is OCC(O)c1ccc(-c2ccc(Br)cc2)o1. The number of rotatable bonds is 3. The summed E-state index contributed by atoms with van der Waals surface area (Å²) in [5.74, 6) is 1.05. The maximum absolute atomic E-state index is 9.38. The highest BCUT2D eigenvalue weighted by Crippen LogP contribution is 2.26. The summed E-state index contributed by atoms with van der Waals surface area (Å²) >= 11 is 3.35. The molecular weight excluding hydrogens is 272 g/mol. The van der Waals surface area contributed by atoms with E-state index >= 15 is 0 Å². The minimum atomic E-state index is -0.954. The van der Waals surface area contributed by atoms with Gasteiger partial charge in [0.05, 0.1) is 6.61 Å². The predicted octanol–water partition coefficient (Wildman–Crippen LogP) is 2.73. The molecule has 2 rings (SSSR count). The fraction of sp³-hybridized carbons (Fsp3) is 0.167. The molecule has 0 saturated carbocycles. The molecule has 0 bridgehead atoms. The Hall–Kier alpha value is -1.10. The van der Waals surface area contributed by atoms with E-state index < -0.39 is 6.10 Å². The number of furan rings is 1. The lowest BCUT2D eigenvalue weighted by Gasteiger charge is -2.02. The lowest BCUT2D eigenvalue weighted by molar-refractivity contribution is 0.0781. The van der Waals surface area contributed by atoms with Crippen molar-refractivity contribution in [3.63, 3.8) is 0 Å². The molecule has 1 atom stereocenters. The fourth-order valence-electron chi connectivity index (χ4n) is 1.39. The fourth-order valence-corrected chi connectivity index (χ4v) is 1.66. The molecule has 0 spiro atoms. The van der Waals surface area contributed by atoms with E-state index in [1.165, 1.54) is 0 Å². The first-order valence-electron chi connectivity index (χ1n) is 4.85. The highest BCUT2D eigenvalue weighted by molar-refractivity contribution is 9.10. The van der Waals surface area contributed by atoms with Crippen molar-refractivity contribution in [2.75, 3.05) is 6.61 Å². The zero-order valence-corrected chi connectivity index (χ0v) is 10.0. The zero-order valence-electron chi connectivity index (χ0n) is 8.43. The first-order valence-corrected chi connectivity index (χ1v) is 5.64. The van der Waals surface area contributed by atoms with Crippen LogP contribution in [0.3, 0.4) is 0 Å². The van der Waals surface area contributed by atoms with Gasteiger partial charge >= 0.3 is 0 Å². The molecule has 2 aromatic rings. The summed E-state index contributed by atoms with van der Waals surface area (Å²) in [6.07, 6.45) is -0.954. The Labute approximate surface area is 101 Å². The molecule has 0 amide bonds. The molecule has 1 unspecified atom stereocenters. The van der Waals surface area contributed by atoms with Crippen molar-refractivity contribution in [2.24, 2.45) is 0 Å². The topological polar surface area (TPSA) is 53.6 Å². The summed E-state index contributed by atoms with van der Waals surface area (Å²) in [5, 5.41) is 18.2. The second kappa shape index (κ2) is 4.82. The van der Waals surface area contributed by atoms with Gasteiger partial charge in [-0.25, -0.2) is 0 Å². The highest BCUT2D eigenvalue weighted by atomic mass is 79.9. The van der Waals surface area contributed by atoms with Crippen molar-refractivity contribution >= 4 is 15.9 Å². The van der Waals surface area contributed by atoms with Gasteiger partial charge in [-0.1, -0.05) is 28.1 Å². The van der Waals surface area contributed by atoms with Gasteiger partial charge in [-0.2, -0.15) is 0 Å². The van der Waals surface area contributed by atoms with E-state index in [1.807, 2.05) is 24.3 Å². The summed E-state index contributed by atoms with van der Waals surface area (Å²) in [6.45, 7) is -0.340. The number of hydrogen-bond acceptors (Lipinski definition) is 3. The van der Waals surface area contributed by atoms with Crippen molar-refractivity contribution in [2.45, 2.75) is 6.10 Å². The number of aliphatic hydroxyl groups is 2. The smallest absolute Gasteiger partial charge is 0.135 e. The van der Waals surface area contributed by atoms with E-state index in [0.29, 0.717) is 11.5 Å². The van der Waals surface area contributed by atoms with Crippen LogP contribution in [0.4, 0.5) is 0 Å². The number of halogens is 1. The van der Waals surface area contributed by atoms with Gasteiger partial charge in [0.15, 0.2) is 0 Å². The van der Waals surface area contributed by atoms with Gasteiger partial charge in [0.25, 0.3) is 0 Å². The Balaban J connectivity index is 2.28. The van der Waals surface area contributed by atoms with Crippen LogP contribution in [-0.4, -0.2) is 16.8 Å². The van der Waals surface area contributed by atoms with Crippen molar-refractivity contribution < 1.29 is 14.6 Å². The van der Waals surface area contributed by atoms with Crippen LogP contribution in [0, 0.1) is 0 Å². The van der Waals surface area contributed by atoms with Crippen LogP contribution in [-0.2, 0) is 0 Å². The molecule has 0 fully saturated rings. The summed E-state index contributed by atoms with van der Waals surface area (Å²) in [7, 11) is 0. The Morgan fingerprint density at radius 1 is 1.12 bits per heavy atom. The summed E-state index contributed by atoms with van der Waals surface area (Å²) in [4.78, 5) is 0. The van der Waals surface area contributed by atoms with E-state index in [-0.39, 0.29) is 6.61 Å². The van der Waals surface area contributed by atoms with E-state index in [4.69, 9.17) is 9.52 Å². The molecule has 84 valence electrons. The molecule has 0 aliphatic heterocycles. The van der Waals surface area contributed by atoms with Crippen LogP contribution in [0.5, 0.6) is 0 Å². The molecule has 2 N–H and O–H groups in total. The molecule has 1 aromatic heterocycles. The van der Waals surface area contributed by atoms with E-state index in [1.54, 1.807) is 12.1 Å². The minimum absolute atomic E-state index is 0.340. The van der Waals surface area contributed by atoms with Gasteiger partial charge in [-0.15, -0.1) is 0 Å². The Morgan fingerprint density at radius 3 is 2.44 bits per heavy atom. The number of benzene rings is 1. The molecule has 0 aliphatic carbocycles. The molecule has 0 aliphatic rings. The molecule has 1 heterocycles. The average molecular weight is 283 g/mol. The van der Waals surface area contributed by atoms with Gasteiger partial charge in [-0.3, -0.25) is 0 Å². The second-order valence-corrected chi connectivity index (χ2v) is 4.32. The lowest BCUT2D eigenvalue weighted by Crippen LogP contribution is -1.99. The zero-order chi connectivity index (χ0) is 11.5. The first kappa shape index (κ1) is 11.4. The van der Waals surface area contributed by atoms with Crippen LogP contribution >= 0.6 is 15.9 Å². The molecule has 16 heavy (non-hydrogen) atoms. The van der Waals surface area contributed by atoms with Crippen LogP contribution in [0.1, 0.15) is 11.9 Å². The quantitative estimate of drug-likeness (QED) is 0.910. The van der Waals surface area contributed by atoms with Crippen LogP contribution in [0.25, 0.3) is 11.3 Å². The number of hydrogen-bond donors (Lipinski definition) is 2. The Kier molecular flexibility index (Phi) is 3.43. The third-order valence-corrected chi connectivity index (χ3v) is 2.79. The van der Waals surface area contributed by atoms with Crippen LogP contribution in [0.2, 0.25) is 0 Å².